The Kier molecular flexibility index (Phi) is 11.6. The van der Waals surface area contributed by atoms with Crippen LogP contribution in [0.4, 0.5) is 9.59 Å². The zero-order valence-electron chi connectivity index (χ0n) is 28.5. The molecule has 0 unspecified atom stereocenters. The maximum absolute atomic E-state index is 13.3. The molecule has 0 saturated heterocycles. The van der Waals surface area contributed by atoms with Crippen molar-refractivity contribution < 1.29 is 33.3 Å². The van der Waals surface area contributed by atoms with Gasteiger partial charge in [-0.1, -0.05) is 90.5 Å². The van der Waals surface area contributed by atoms with E-state index in [9.17, 15) is 14.4 Å². The summed E-state index contributed by atoms with van der Waals surface area (Å²) < 4.78 is 22.5. The zero-order valence-corrected chi connectivity index (χ0v) is 28.5. The zero-order chi connectivity index (χ0) is 34.8. The van der Waals surface area contributed by atoms with E-state index in [1.54, 1.807) is 20.8 Å². The van der Waals surface area contributed by atoms with Crippen LogP contribution in [0.1, 0.15) is 67.3 Å². The summed E-state index contributed by atoms with van der Waals surface area (Å²) in [7, 11) is 0. The first-order valence-corrected chi connectivity index (χ1v) is 16.6. The van der Waals surface area contributed by atoms with Crippen molar-refractivity contribution in [2.75, 3.05) is 13.2 Å². The number of ether oxygens (including phenoxy) is 4. The smallest absolute Gasteiger partial charge is 0.407 e. The summed E-state index contributed by atoms with van der Waals surface area (Å²) in [6.45, 7) is 8.20. The van der Waals surface area contributed by atoms with Crippen molar-refractivity contribution in [1.29, 1.82) is 0 Å². The topological polar surface area (TPSA) is 112 Å². The first-order valence-electron chi connectivity index (χ1n) is 16.6. The molecule has 4 aromatic carbocycles. The molecule has 9 nitrogen and oxygen atoms in total. The molecule has 1 atom stereocenters. The average molecular weight is 665 g/mol. The van der Waals surface area contributed by atoms with E-state index in [1.165, 1.54) is 5.56 Å². The quantitative estimate of drug-likeness (QED) is 0.0851. The highest BCUT2D eigenvalue weighted by molar-refractivity contribution is 5.82. The number of esters is 1. The molecule has 0 radical (unpaired) electrons. The SMILES string of the molecule is Cc1ccc(COc2ccc(COC(=O)[C@H](CCCNC(=O)OC(C)(C)C)NC(=O)OCC3c4ccccc4-c4ccccc43)cc2)cc1. The Morgan fingerprint density at radius 2 is 1.33 bits per heavy atom. The summed E-state index contributed by atoms with van der Waals surface area (Å²) >= 11 is 0. The Labute approximate surface area is 287 Å². The molecule has 5 rings (SSSR count). The van der Waals surface area contributed by atoms with Crippen LogP contribution in [0.5, 0.6) is 5.75 Å². The molecule has 0 spiro atoms. The van der Waals surface area contributed by atoms with Crippen molar-refractivity contribution in [3.8, 4) is 16.9 Å². The second-order valence-electron chi connectivity index (χ2n) is 13.1. The van der Waals surface area contributed by atoms with E-state index < -0.39 is 29.8 Å². The predicted molar refractivity (Wildman–Crippen MR) is 187 cm³/mol. The van der Waals surface area contributed by atoms with Gasteiger partial charge in [0.2, 0.25) is 0 Å². The molecule has 0 bridgehead atoms. The molecule has 1 aliphatic carbocycles. The number of alkyl carbamates (subject to hydrolysis) is 2. The van der Waals surface area contributed by atoms with Crippen molar-refractivity contribution in [3.05, 3.63) is 125 Å². The average Bonchev–Trinajstić information content (AvgIpc) is 3.40. The summed E-state index contributed by atoms with van der Waals surface area (Å²) in [4.78, 5) is 38.4. The van der Waals surface area contributed by atoms with Gasteiger partial charge in [0.15, 0.2) is 0 Å². The van der Waals surface area contributed by atoms with Crippen LogP contribution in [0, 0.1) is 6.92 Å². The molecule has 2 amide bonds. The maximum Gasteiger partial charge on any atom is 0.407 e. The lowest BCUT2D eigenvalue weighted by Crippen LogP contribution is -2.43. The Morgan fingerprint density at radius 1 is 0.735 bits per heavy atom. The predicted octanol–water partition coefficient (Wildman–Crippen LogP) is 7.83. The molecule has 9 heteroatoms. The van der Waals surface area contributed by atoms with E-state index in [1.807, 2.05) is 91.9 Å². The largest absolute Gasteiger partial charge is 0.489 e. The van der Waals surface area contributed by atoms with E-state index in [2.05, 4.69) is 22.8 Å². The van der Waals surface area contributed by atoms with Crippen LogP contribution in [0.2, 0.25) is 0 Å². The molecule has 0 heterocycles. The summed E-state index contributed by atoms with van der Waals surface area (Å²) in [6, 6.07) is 30.6. The van der Waals surface area contributed by atoms with Crippen molar-refractivity contribution in [2.45, 2.75) is 71.3 Å². The number of rotatable bonds is 13. The van der Waals surface area contributed by atoms with Gasteiger partial charge in [0.05, 0.1) is 0 Å². The molecule has 0 aromatic heterocycles. The van der Waals surface area contributed by atoms with E-state index in [0.717, 1.165) is 33.4 Å². The lowest BCUT2D eigenvalue weighted by atomic mass is 9.98. The van der Waals surface area contributed by atoms with Gasteiger partial charge in [-0.05, 0) is 86.1 Å². The van der Waals surface area contributed by atoms with Crippen LogP contribution in [-0.4, -0.2) is 43.0 Å². The van der Waals surface area contributed by atoms with Gasteiger partial charge in [-0.2, -0.15) is 0 Å². The summed E-state index contributed by atoms with van der Waals surface area (Å²) in [5.74, 6) is -0.0289. The van der Waals surface area contributed by atoms with Crippen molar-refractivity contribution in [2.24, 2.45) is 0 Å². The number of nitrogens with one attached hydrogen (secondary N) is 2. The number of hydrogen-bond acceptors (Lipinski definition) is 7. The normalized spacial score (nSPS) is 12.7. The number of amides is 2. The monoisotopic (exact) mass is 664 g/mol. The van der Waals surface area contributed by atoms with Crippen LogP contribution in [0.15, 0.2) is 97.1 Å². The standard InChI is InChI=1S/C40H44N2O7/c1-27-15-17-28(18-16-27)24-46-30-21-19-29(20-22-30)25-47-37(43)36(14-9-23-41-38(44)49-40(2,3)4)42-39(45)48-26-35-33-12-7-5-10-31(33)32-11-6-8-13-34(32)35/h5-8,10-13,15-22,35-36H,9,14,23-26H2,1-4H3,(H,41,44)(H,42,45)/t36-/m0/s1. The minimum absolute atomic E-state index is 0.0100. The van der Waals surface area contributed by atoms with Gasteiger partial charge in [-0.3, -0.25) is 0 Å². The Morgan fingerprint density at radius 3 is 1.96 bits per heavy atom. The molecule has 1 aliphatic rings. The Bertz CT molecular complexity index is 1680. The molecule has 0 saturated carbocycles. The number of fused-ring (bicyclic) bond motifs is 3. The highest BCUT2D eigenvalue weighted by Crippen LogP contribution is 2.44. The number of hydrogen-bond donors (Lipinski definition) is 2. The minimum atomic E-state index is -0.992. The Balaban J connectivity index is 1.16. The molecular weight excluding hydrogens is 620 g/mol. The highest BCUT2D eigenvalue weighted by Gasteiger charge is 2.30. The number of benzene rings is 4. The fourth-order valence-electron chi connectivity index (χ4n) is 5.63. The number of carbonyl (C=O) groups is 3. The summed E-state index contributed by atoms with van der Waals surface area (Å²) in [5.41, 5.74) is 6.82. The second kappa shape index (κ2) is 16.2. The third kappa shape index (κ3) is 10.1. The maximum atomic E-state index is 13.3. The molecule has 256 valence electrons. The van der Waals surface area contributed by atoms with Gasteiger partial charge < -0.3 is 29.6 Å². The number of carbonyl (C=O) groups excluding carboxylic acids is 3. The fourth-order valence-corrected chi connectivity index (χ4v) is 5.63. The van der Waals surface area contributed by atoms with Crippen molar-refractivity contribution in [3.63, 3.8) is 0 Å². The molecule has 2 N–H and O–H groups in total. The van der Waals surface area contributed by atoms with Crippen LogP contribution >= 0.6 is 0 Å². The molecule has 4 aromatic rings. The summed E-state index contributed by atoms with van der Waals surface area (Å²) in [5, 5.41) is 5.38. The lowest BCUT2D eigenvalue weighted by Gasteiger charge is -2.21. The fraction of sp³-hybridized carbons (Fsp3) is 0.325. The van der Waals surface area contributed by atoms with Crippen LogP contribution < -0.4 is 15.4 Å². The van der Waals surface area contributed by atoms with Gasteiger partial charge in [0.25, 0.3) is 0 Å². The van der Waals surface area contributed by atoms with Gasteiger partial charge in [0.1, 0.15) is 37.2 Å². The first kappa shape index (κ1) is 35.0. The van der Waals surface area contributed by atoms with Gasteiger partial charge >= 0.3 is 18.2 Å². The third-order valence-corrected chi connectivity index (χ3v) is 8.09. The van der Waals surface area contributed by atoms with E-state index in [0.29, 0.717) is 18.8 Å². The van der Waals surface area contributed by atoms with Crippen molar-refractivity contribution in [1.82, 2.24) is 10.6 Å². The molecule has 0 aliphatic heterocycles. The lowest BCUT2D eigenvalue weighted by molar-refractivity contribution is -0.147. The van der Waals surface area contributed by atoms with Crippen LogP contribution in [-0.2, 0) is 32.2 Å². The minimum Gasteiger partial charge on any atom is -0.489 e. The van der Waals surface area contributed by atoms with E-state index in [4.69, 9.17) is 18.9 Å². The highest BCUT2D eigenvalue weighted by atomic mass is 16.6. The third-order valence-electron chi connectivity index (χ3n) is 8.09. The van der Waals surface area contributed by atoms with Gasteiger partial charge in [-0.15, -0.1) is 0 Å². The van der Waals surface area contributed by atoms with Gasteiger partial charge in [0, 0.05) is 12.5 Å². The van der Waals surface area contributed by atoms with E-state index in [-0.39, 0.29) is 32.1 Å². The number of aryl methyl sites for hydroxylation is 1. The first-order chi connectivity index (χ1) is 23.6. The van der Waals surface area contributed by atoms with E-state index >= 15 is 0 Å². The molecule has 49 heavy (non-hydrogen) atoms. The van der Waals surface area contributed by atoms with Crippen molar-refractivity contribution >= 4 is 18.2 Å². The molecule has 0 fully saturated rings. The summed E-state index contributed by atoms with van der Waals surface area (Å²) in [6.07, 6.45) is -0.679. The van der Waals surface area contributed by atoms with Crippen LogP contribution in [0.3, 0.4) is 0 Å². The second-order valence-corrected chi connectivity index (χ2v) is 13.1. The Hall–Kier alpha value is -5.31. The van der Waals surface area contributed by atoms with Crippen LogP contribution in [0.25, 0.3) is 11.1 Å². The molecular formula is C40H44N2O7. The van der Waals surface area contributed by atoms with Gasteiger partial charge in [-0.25, -0.2) is 14.4 Å².